The zero-order chi connectivity index (χ0) is 21.7. The minimum atomic E-state index is -4.63. The van der Waals surface area contributed by atoms with Crippen molar-refractivity contribution in [1.29, 1.82) is 5.26 Å². The lowest BCUT2D eigenvalue weighted by Crippen LogP contribution is -2.56. The maximum Gasteiger partial charge on any atom is 0.417 e. The summed E-state index contributed by atoms with van der Waals surface area (Å²) in [4.78, 5) is 20.2. The topological polar surface area (TPSA) is 69.5 Å². The van der Waals surface area contributed by atoms with Crippen LogP contribution in [0.1, 0.15) is 16.7 Å². The summed E-state index contributed by atoms with van der Waals surface area (Å²) in [5, 5.41) is 9.00. The van der Waals surface area contributed by atoms with E-state index in [2.05, 4.69) is 4.98 Å². The van der Waals surface area contributed by atoms with Gasteiger partial charge < -0.3 is 14.5 Å². The molecule has 1 fully saturated rings. The van der Waals surface area contributed by atoms with E-state index in [1.54, 1.807) is 34.3 Å². The van der Waals surface area contributed by atoms with Gasteiger partial charge in [0.15, 0.2) is 0 Å². The quantitative estimate of drug-likeness (QED) is 0.747. The third-order valence-electron chi connectivity index (χ3n) is 5.03. The minimum absolute atomic E-state index is 0.0698. The maximum absolute atomic E-state index is 13.4. The van der Waals surface area contributed by atoms with Gasteiger partial charge in [0, 0.05) is 44.8 Å². The lowest BCUT2D eigenvalue weighted by atomic mass is 10.0. The van der Waals surface area contributed by atoms with Gasteiger partial charge in [0.1, 0.15) is 0 Å². The monoisotopic (exact) mass is 418 g/mol. The highest BCUT2D eigenvalue weighted by Crippen LogP contribution is 2.35. The van der Waals surface area contributed by atoms with Crippen molar-refractivity contribution < 1.29 is 22.7 Å². The molecule has 0 saturated carbocycles. The predicted molar refractivity (Wildman–Crippen MR) is 104 cm³/mol. The van der Waals surface area contributed by atoms with Gasteiger partial charge in [0.05, 0.1) is 36.3 Å². The Morgan fingerprint density at radius 3 is 2.77 bits per heavy atom. The first kappa shape index (κ1) is 21.6. The van der Waals surface area contributed by atoms with Crippen molar-refractivity contribution in [2.24, 2.45) is 0 Å². The number of rotatable bonds is 5. The molecule has 30 heavy (non-hydrogen) atoms. The Balaban J connectivity index is 1.79. The molecule has 1 aromatic carbocycles. The number of carbonyl (C=O) groups excluding carboxylic acids is 1. The summed E-state index contributed by atoms with van der Waals surface area (Å²) >= 11 is 0. The van der Waals surface area contributed by atoms with Crippen LogP contribution < -0.4 is 4.90 Å². The second-order valence-corrected chi connectivity index (χ2v) is 7.02. The fraction of sp³-hybridized carbons (Fsp3) is 0.381. The standard InChI is InChI=1S/C21H21F3N4O2/c1-30-14-18-13-27(20(29)9-15-3-2-6-26-12-15)7-8-28(18)17-5-4-16(11-25)19(10-17)21(22,23)24/h2-6,10,12,18H,7-9,13-14H2,1H3. The van der Waals surface area contributed by atoms with Crippen molar-refractivity contribution in [2.75, 3.05) is 38.3 Å². The molecule has 0 N–H and O–H groups in total. The number of methoxy groups -OCH3 is 1. The number of amides is 1. The van der Waals surface area contributed by atoms with Crippen LogP contribution in [0.15, 0.2) is 42.7 Å². The molecule has 2 heterocycles. The number of alkyl halides is 3. The molecular weight excluding hydrogens is 397 g/mol. The molecule has 2 aromatic rings. The summed E-state index contributed by atoms with van der Waals surface area (Å²) in [6.07, 6.45) is -1.15. The van der Waals surface area contributed by atoms with E-state index in [-0.39, 0.29) is 25.0 Å². The van der Waals surface area contributed by atoms with Gasteiger partial charge in [-0.2, -0.15) is 18.4 Å². The van der Waals surface area contributed by atoms with Crippen molar-refractivity contribution in [3.8, 4) is 6.07 Å². The number of hydrogen-bond donors (Lipinski definition) is 0. The van der Waals surface area contributed by atoms with Crippen LogP contribution in [0, 0.1) is 11.3 Å². The second kappa shape index (κ2) is 9.13. The molecule has 0 spiro atoms. The number of nitrogens with zero attached hydrogens (tertiary/aromatic N) is 4. The molecule has 158 valence electrons. The fourth-order valence-corrected chi connectivity index (χ4v) is 3.59. The molecule has 1 aliphatic heterocycles. The molecule has 6 nitrogen and oxygen atoms in total. The molecule has 1 saturated heterocycles. The van der Waals surface area contributed by atoms with Crippen LogP contribution in [0.4, 0.5) is 18.9 Å². The minimum Gasteiger partial charge on any atom is -0.382 e. The maximum atomic E-state index is 13.4. The van der Waals surface area contributed by atoms with Gasteiger partial charge in [-0.1, -0.05) is 6.07 Å². The third kappa shape index (κ3) is 4.89. The molecule has 1 aliphatic rings. The number of hydrogen-bond acceptors (Lipinski definition) is 5. The van der Waals surface area contributed by atoms with Crippen LogP contribution in [-0.4, -0.2) is 55.2 Å². The lowest BCUT2D eigenvalue weighted by molar-refractivity contribution is -0.137. The molecule has 1 atom stereocenters. The van der Waals surface area contributed by atoms with Gasteiger partial charge in [-0.3, -0.25) is 9.78 Å². The highest BCUT2D eigenvalue weighted by Gasteiger charge is 2.36. The summed E-state index contributed by atoms with van der Waals surface area (Å²) in [5.41, 5.74) is -0.230. The van der Waals surface area contributed by atoms with E-state index in [1.807, 2.05) is 6.07 Å². The van der Waals surface area contributed by atoms with Crippen molar-refractivity contribution in [3.63, 3.8) is 0 Å². The number of nitriles is 1. The van der Waals surface area contributed by atoms with Gasteiger partial charge in [-0.25, -0.2) is 0 Å². The number of halogens is 3. The first-order valence-corrected chi connectivity index (χ1v) is 9.37. The van der Waals surface area contributed by atoms with Crippen LogP contribution in [-0.2, 0) is 22.1 Å². The highest BCUT2D eigenvalue weighted by molar-refractivity contribution is 5.79. The number of ether oxygens (including phenoxy) is 1. The molecule has 0 aliphatic carbocycles. The SMILES string of the molecule is COCC1CN(C(=O)Cc2cccnc2)CCN1c1ccc(C#N)c(C(F)(F)F)c1. The summed E-state index contributed by atoms with van der Waals surface area (Å²) in [7, 11) is 1.51. The molecule has 1 amide bonds. The number of carbonyl (C=O) groups is 1. The summed E-state index contributed by atoms with van der Waals surface area (Å²) < 4.78 is 45.3. The third-order valence-corrected chi connectivity index (χ3v) is 5.03. The number of anilines is 1. The Kier molecular flexibility index (Phi) is 6.57. The Morgan fingerprint density at radius 1 is 1.33 bits per heavy atom. The molecule has 1 aromatic heterocycles. The second-order valence-electron chi connectivity index (χ2n) is 7.02. The zero-order valence-corrected chi connectivity index (χ0v) is 16.4. The van der Waals surface area contributed by atoms with Crippen molar-refractivity contribution in [3.05, 3.63) is 59.4 Å². The van der Waals surface area contributed by atoms with Crippen LogP contribution in [0.25, 0.3) is 0 Å². The summed E-state index contributed by atoms with van der Waals surface area (Å²) in [6.45, 7) is 1.31. The van der Waals surface area contributed by atoms with E-state index in [1.165, 1.54) is 19.2 Å². The highest BCUT2D eigenvalue weighted by atomic mass is 19.4. The zero-order valence-electron chi connectivity index (χ0n) is 16.4. The van der Waals surface area contributed by atoms with E-state index in [0.717, 1.165) is 11.6 Å². The van der Waals surface area contributed by atoms with Crippen molar-refractivity contribution in [1.82, 2.24) is 9.88 Å². The van der Waals surface area contributed by atoms with Gasteiger partial charge in [0.25, 0.3) is 0 Å². The number of pyridine rings is 1. The molecule has 1 unspecified atom stereocenters. The Bertz CT molecular complexity index is 928. The van der Waals surface area contributed by atoms with Crippen molar-refractivity contribution in [2.45, 2.75) is 18.6 Å². The van der Waals surface area contributed by atoms with Crippen LogP contribution in [0.3, 0.4) is 0 Å². The fourth-order valence-electron chi connectivity index (χ4n) is 3.59. The summed E-state index contributed by atoms with van der Waals surface area (Å²) in [6, 6.07) is 8.55. The molecular formula is C21H21F3N4O2. The van der Waals surface area contributed by atoms with E-state index >= 15 is 0 Å². The van der Waals surface area contributed by atoms with Crippen LogP contribution in [0.2, 0.25) is 0 Å². The normalized spacial score (nSPS) is 17.0. The first-order valence-electron chi connectivity index (χ1n) is 9.37. The Labute approximate surface area is 172 Å². The van der Waals surface area contributed by atoms with Crippen LogP contribution in [0.5, 0.6) is 0 Å². The van der Waals surface area contributed by atoms with E-state index in [0.29, 0.717) is 25.3 Å². The average Bonchev–Trinajstić information content (AvgIpc) is 2.73. The molecule has 0 bridgehead atoms. The van der Waals surface area contributed by atoms with Gasteiger partial charge in [-0.15, -0.1) is 0 Å². The van der Waals surface area contributed by atoms with Gasteiger partial charge >= 0.3 is 6.18 Å². The average molecular weight is 418 g/mol. The van der Waals surface area contributed by atoms with Crippen molar-refractivity contribution >= 4 is 11.6 Å². The number of benzene rings is 1. The lowest BCUT2D eigenvalue weighted by Gasteiger charge is -2.42. The molecule has 0 radical (unpaired) electrons. The smallest absolute Gasteiger partial charge is 0.382 e. The molecule has 3 rings (SSSR count). The van der Waals surface area contributed by atoms with Crippen LogP contribution >= 0.6 is 0 Å². The largest absolute Gasteiger partial charge is 0.417 e. The van der Waals surface area contributed by atoms with E-state index in [9.17, 15) is 18.0 Å². The van der Waals surface area contributed by atoms with E-state index in [4.69, 9.17) is 10.00 Å². The van der Waals surface area contributed by atoms with E-state index < -0.39 is 17.3 Å². The molecule has 9 heteroatoms. The first-order chi connectivity index (χ1) is 14.3. The van der Waals surface area contributed by atoms with Gasteiger partial charge in [-0.05, 0) is 29.8 Å². The Morgan fingerprint density at radius 2 is 2.13 bits per heavy atom. The van der Waals surface area contributed by atoms with Gasteiger partial charge in [0.2, 0.25) is 5.91 Å². The predicted octanol–water partition coefficient (Wildman–Crippen LogP) is 2.88. The number of piperazine rings is 1. The summed E-state index contributed by atoms with van der Waals surface area (Å²) in [5.74, 6) is -0.0698. The number of aromatic nitrogens is 1. The Hall–Kier alpha value is -3.12.